The van der Waals surface area contributed by atoms with Crippen LogP contribution in [0.4, 0.5) is 0 Å². The lowest BCUT2D eigenvalue weighted by Gasteiger charge is -2.17. The van der Waals surface area contributed by atoms with Crippen LogP contribution in [0.3, 0.4) is 0 Å². The van der Waals surface area contributed by atoms with E-state index in [-0.39, 0.29) is 11.6 Å². The number of Topliss-reactive ketones (excluding diaryl/α,β-unsaturated/α-hetero) is 1. The monoisotopic (exact) mass is 302 g/mol. The predicted molar refractivity (Wildman–Crippen MR) is 80.8 cm³/mol. The highest BCUT2D eigenvalue weighted by Crippen LogP contribution is 2.22. The summed E-state index contributed by atoms with van der Waals surface area (Å²) < 4.78 is 5.30. The Balaban J connectivity index is 2.09. The van der Waals surface area contributed by atoms with Gasteiger partial charge in [-0.05, 0) is 31.4 Å². The van der Waals surface area contributed by atoms with Gasteiger partial charge in [0.05, 0.1) is 23.3 Å². The molecule has 1 aliphatic rings. The Hall–Kier alpha value is -2.05. The number of rotatable bonds is 3. The van der Waals surface area contributed by atoms with Gasteiger partial charge in [0, 0.05) is 18.1 Å². The summed E-state index contributed by atoms with van der Waals surface area (Å²) in [7, 11) is 0. The second kappa shape index (κ2) is 7.10. The van der Waals surface area contributed by atoms with E-state index in [0.717, 1.165) is 0 Å². The molecule has 0 bridgehead atoms. The Morgan fingerprint density at radius 2 is 2.19 bits per heavy atom. The number of ketones is 2. The largest absolute Gasteiger partial charge is 0.498 e. The molecule has 1 unspecified atom stereocenters. The maximum Gasteiger partial charge on any atom is 0.216 e. The zero-order valence-electron chi connectivity index (χ0n) is 11.7. The molecule has 1 atom stereocenters. The molecule has 2 rings (SSSR count). The van der Waals surface area contributed by atoms with Gasteiger partial charge in [0.25, 0.3) is 0 Å². The average Bonchev–Trinajstić information content (AvgIpc) is 2.46. The summed E-state index contributed by atoms with van der Waals surface area (Å²) >= 11 is 5.97. The molecule has 0 N–H and O–H groups in total. The number of allylic oxidation sites excluding steroid dienone is 2. The number of carbonyl (C=O) groups is 2. The van der Waals surface area contributed by atoms with Gasteiger partial charge in [-0.25, -0.2) is 0 Å². The molecule has 1 aliphatic carbocycles. The van der Waals surface area contributed by atoms with Crippen molar-refractivity contribution in [2.24, 2.45) is 5.92 Å². The first-order valence-corrected chi connectivity index (χ1v) is 7.17. The van der Waals surface area contributed by atoms with Crippen LogP contribution in [0.5, 0.6) is 0 Å². The SMILES string of the molecule is CCOC1=CC(=O)C(C(=O)C#Cc2ccccc2Cl)CC1. The highest BCUT2D eigenvalue weighted by Gasteiger charge is 2.28. The van der Waals surface area contributed by atoms with E-state index >= 15 is 0 Å². The molecule has 0 aromatic heterocycles. The molecule has 0 fully saturated rings. The summed E-state index contributed by atoms with van der Waals surface area (Å²) in [6.45, 7) is 2.38. The van der Waals surface area contributed by atoms with Crippen LogP contribution in [0.15, 0.2) is 36.1 Å². The molecule has 21 heavy (non-hydrogen) atoms. The summed E-state index contributed by atoms with van der Waals surface area (Å²) in [6, 6.07) is 7.03. The van der Waals surface area contributed by atoms with E-state index in [1.54, 1.807) is 24.3 Å². The maximum absolute atomic E-state index is 12.1. The molecular weight excluding hydrogens is 288 g/mol. The van der Waals surface area contributed by atoms with Crippen LogP contribution in [0.1, 0.15) is 25.3 Å². The van der Waals surface area contributed by atoms with Crippen molar-refractivity contribution < 1.29 is 14.3 Å². The van der Waals surface area contributed by atoms with Gasteiger partial charge in [0.15, 0.2) is 5.78 Å². The van der Waals surface area contributed by atoms with Gasteiger partial charge in [0.1, 0.15) is 0 Å². The van der Waals surface area contributed by atoms with Gasteiger partial charge in [0.2, 0.25) is 5.78 Å². The molecule has 3 nitrogen and oxygen atoms in total. The predicted octanol–water partition coefficient (Wildman–Crippen LogP) is 3.16. The summed E-state index contributed by atoms with van der Waals surface area (Å²) in [6.07, 6.45) is 2.44. The molecule has 0 heterocycles. The van der Waals surface area contributed by atoms with E-state index < -0.39 is 5.92 Å². The van der Waals surface area contributed by atoms with Gasteiger partial charge in [-0.1, -0.05) is 29.7 Å². The smallest absolute Gasteiger partial charge is 0.216 e. The number of hydrogen-bond donors (Lipinski definition) is 0. The Bertz CT molecular complexity index is 649. The van der Waals surface area contributed by atoms with Crippen molar-refractivity contribution in [1.29, 1.82) is 0 Å². The highest BCUT2D eigenvalue weighted by molar-refractivity contribution is 6.31. The highest BCUT2D eigenvalue weighted by atomic mass is 35.5. The first-order chi connectivity index (χ1) is 10.1. The fraction of sp³-hybridized carbons (Fsp3) is 0.294. The molecule has 1 aromatic carbocycles. The zero-order valence-corrected chi connectivity index (χ0v) is 12.4. The van der Waals surface area contributed by atoms with Crippen LogP contribution < -0.4 is 0 Å². The zero-order chi connectivity index (χ0) is 15.2. The second-order valence-corrected chi connectivity index (χ2v) is 5.04. The summed E-state index contributed by atoms with van der Waals surface area (Å²) in [5.41, 5.74) is 0.585. The van der Waals surface area contributed by atoms with Crippen molar-refractivity contribution in [3.8, 4) is 11.8 Å². The molecule has 0 amide bonds. The van der Waals surface area contributed by atoms with Crippen molar-refractivity contribution in [2.45, 2.75) is 19.8 Å². The van der Waals surface area contributed by atoms with Crippen LogP contribution in [-0.2, 0) is 14.3 Å². The Kier molecular flexibility index (Phi) is 5.19. The standard InChI is InChI=1S/C17H15ClO3/c1-2-21-13-8-9-14(17(20)11-13)16(19)10-7-12-5-3-4-6-15(12)18/h3-6,11,14H,2,8-9H2,1H3. The van der Waals surface area contributed by atoms with Gasteiger partial charge < -0.3 is 4.74 Å². The third kappa shape index (κ3) is 3.96. The molecule has 1 aromatic rings. The Labute approximate surface area is 128 Å². The van der Waals surface area contributed by atoms with Crippen molar-refractivity contribution in [3.05, 3.63) is 46.7 Å². The van der Waals surface area contributed by atoms with Crippen LogP contribution in [-0.4, -0.2) is 18.2 Å². The average molecular weight is 303 g/mol. The molecular formula is C17H15ClO3. The minimum atomic E-state index is -0.691. The summed E-state index contributed by atoms with van der Waals surface area (Å²) in [5, 5.41) is 0.492. The van der Waals surface area contributed by atoms with Gasteiger partial charge in [-0.15, -0.1) is 0 Å². The van der Waals surface area contributed by atoms with E-state index in [9.17, 15) is 9.59 Å². The van der Waals surface area contributed by atoms with Gasteiger partial charge >= 0.3 is 0 Å². The van der Waals surface area contributed by atoms with Crippen molar-refractivity contribution >= 4 is 23.2 Å². The van der Waals surface area contributed by atoms with Crippen LogP contribution in [0.25, 0.3) is 0 Å². The van der Waals surface area contributed by atoms with Crippen LogP contribution in [0, 0.1) is 17.8 Å². The maximum atomic E-state index is 12.1. The fourth-order valence-electron chi connectivity index (χ4n) is 2.10. The van der Waals surface area contributed by atoms with Gasteiger partial charge in [-0.2, -0.15) is 0 Å². The lowest BCUT2D eigenvalue weighted by atomic mass is 9.88. The minimum Gasteiger partial charge on any atom is -0.498 e. The number of ether oxygens (including phenoxy) is 1. The Morgan fingerprint density at radius 1 is 1.43 bits per heavy atom. The minimum absolute atomic E-state index is 0.233. The Morgan fingerprint density at radius 3 is 2.86 bits per heavy atom. The van der Waals surface area contributed by atoms with E-state index in [4.69, 9.17) is 16.3 Å². The van der Waals surface area contributed by atoms with E-state index in [1.165, 1.54) is 6.08 Å². The fourth-order valence-corrected chi connectivity index (χ4v) is 2.28. The molecule has 108 valence electrons. The molecule has 0 saturated carbocycles. The van der Waals surface area contributed by atoms with Crippen molar-refractivity contribution in [2.75, 3.05) is 6.61 Å². The second-order valence-electron chi connectivity index (χ2n) is 4.63. The lowest BCUT2D eigenvalue weighted by Crippen LogP contribution is -2.25. The lowest BCUT2D eigenvalue weighted by molar-refractivity contribution is -0.127. The van der Waals surface area contributed by atoms with Crippen LogP contribution in [0.2, 0.25) is 5.02 Å². The van der Waals surface area contributed by atoms with E-state index in [0.29, 0.717) is 35.8 Å². The molecule has 0 aliphatic heterocycles. The molecule has 0 spiro atoms. The van der Waals surface area contributed by atoms with E-state index in [1.807, 2.05) is 6.92 Å². The number of carbonyl (C=O) groups excluding carboxylic acids is 2. The quantitative estimate of drug-likeness (QED) is 0.636. The number of halogens is 1. The van der Waals surface area contributed by atoms with Crippen molar-refractivity contribution in [1.82, 2.24) is 0 Å². The van der Waals surface area contributed by atoms with Gasteiger partial charge in [-0.3, -0.25) is 9.59 Å². The third-order valence-corrected chi connectivity index (χ3v) is 3.50. The first-order valence-electron chi connectivity index (χ1n) is 6.79. The molecule has 0 radical (unpaired) electrons. The summed E-state index contributed by atoms with van der Waals surface area (Å²) in [5.74, 6) is 4.61. The van der Waals surface area contributed by atoms with Crippen molar-refractivity contribution in [3.63, 3.8) is 0 Å². The van der Waals surface area contributed by atoms with Crippen LogP contribution >= 0.6 is 11.6 Å². The first kappa shape index (κ1) is 15.3. The normalized spacial score (nSPS) is 17.5. The number of benzene rings is 1. The van der Waals surface area contributed by atoms with E-state index in [2.05, 4.69) is 11.8 Å². The third-order valence-electron chi connectivity index (χ3n) is 3.17. The molecule has 0 saturated heterocycles. The number of hydrogen-bond acceptors (Lipinski definition) is 3. The molecule has 4 heteroatoms. The summed E-state index contributed by atoms with van der Waals surface area (Å²) in [4.78, 5) is 24.0. The topological polar surface area (TPSA) is 43.4 Å².